The zero-order valence-corrected chi connectivity index (χ0v) is 17.3. The number of amides is 3. The summed E-state index contributed by atoms with van der Waals surface area (Å²) in [5.74, 6) is -0.526. The highest BCUT2D eigenvalue weighted by Gasteiger charge is 2.51. The fourth-order valence-corrected chi connectivity index (χ4v) is 5.12. The molecule has 148 valence electrons. The number of carbonyl (C=O) groups is 2. The molecule has 2 aliphatic heterocycles. The Labute approximate surface area is 167 Å². The van der Waals surface area contributed by atoms with Crippen LogP contribution in [0.1, 0.15) is 19.4 Å². The number of fused-ring (bicyclic) bond motifs is 1. The summed E-state index contributed by atoms with van der Waals surface area (Å²) in [5.41, 5.74) is 0.420. The van der Waals surface area contributed by atoms with Gasteiger partial charge in [-0.05, 0) is 18.1 Å². The van der Waals surface area contributed by atoms with Crippen LogP contribution in [0.15, 0.2) is 18.2 Å². The summed E-state index contributed by atoms with van der Waals surface area (Å²) in [6.45, 7) is 4.11. The highest BCUT2D eigenvalue weighted by atomic mass is 35.5. The Bertz CT molecular complexity index is 730. The van der Waals surface area contributed by atoms with Gasteiger partial charge in [-0.3, -0.25) is 20.3 Å². The van der Waals surface area contributed by atoms with Crippen molar-refractivity contribution in [1.82, 2.24) is 20.4 Å². The molecule has 0 spiro atoms. The average molecular weight is 415 g/mol. The molecule has 2 N–H and O–H groups in total. The van der Waals surface area contributed by atoms with Crippen LogP contribution >= 0.6 is 23.4 Å². The average Bonchev–Trinajstić information content (AvgIpc) is 2.63. The van der Waals surface area contributed by atoms with Gasteiger partial charge < -0.3 is 4.90 Å². The molecule has 2 fully saturated rings. The van der Waals surface area contributed by atoms with Gasteiger partial charge in [0.05, 0.1) is 23.6 Å². The number of halogens is 2. The van der Waals surface area contributed by atoms with E-state index < -0.39 is 12.1 Å². The molecule has 1 aromatic rings. The predicted molar refractivity (Wildman–Crippen MR) is 105 cm³/mol. The molecule has 1 aromatic carbocycles. The van der Waals surface area contributed by atoms with Crippen LogP contribution in [0.2, 0.25) is 5.02 Å². The minimum absolute atomic E-state index is 0.0775. The first-order valence-electron chi connectivity index (χ1n) is 8.83. The first kappa shape index (κ1) is 20.4. The molecule has 27 heavy (non-hydrogen) atoms. The van der Waals surface area contributed by atoms with Gasteiger partial charge in [-0.15, -0.1) is 11.8 Å². The largest absolute Gasteiger partial charge is 0.327 e. The van der Waals surface area contributed by atoms with Gasteiger partial charge in [-0.2, -0.15) is 0 Å². The van der Waals surface area contributed by atoms with Gasteiger partial charge >= 0.3 is 6.03 Å². The molecule has 0 aliphatic carbocycles. The summed E-state index contributed by atoms with van der Waals surface area (Å²) in [4.78, 5) is 27.9. The Hall–Kier alpha value is -1.35. The maximum absolute atomic E-state index is 14.1. The highest BCUT2D eigenvalue weighted by Crippen LogP contribution is 2.35. The molecule has 3 amide bonds. The molecule has 0 radical (unpaired) electrons. The van der Waals surface area contributed by atoms with Crippen molar-refractivity contribution in [2.45, 2.75) is 37.3 Å². The maximum Gasteiger partial charge on any atom is 0.327 e. The number of thioether (sulfide) groups is 1. The highest BCUT2D eigenvalue weighted by molar-refractivity contribution is 7.99. The lowest BCUT2D eigenvalue weighted by molar-refractivity contribution is -0.140. The van der Waals surface area contributed by atoms with Crippen LogP contribution in [0.4, 0.5) is 9.18 Å². The Morgan fingerprint density at radius 3 is 2.59 bits per heavy atom. The van der Waals surface area contributed by atoms with Crippen LogP contribution in [-0.4, -0.2) is 53.5 Å². The minimum Gasteiger partial charge on any atom is -0.311 e. The number of nitrogens with zero attached hydrogens (tertiary/aromatic N) is 2. The molecule has 0 saturated carbocycles. The van der Waals surface area contributed by atoms with Crippen molar-refractivity contribution in [2.75, 3.05) is 14.1 Å². The summed E-state index contributed by atoms with van der Waals surface area (Å²) in [5, 5.41) is 6.90. The third-order valence-electron chi connectivity index (χ3n) is 5.12. The number of hydrogen-bond acceptors (Lipinski definition) is 5. The number of carbonyl (C=O) groups excluding carboxylic acids is 2. The molecule has 2 aliphatic rings. The van der Waals surface area contributed by atoms with E-state index in [9.17, 15) is 14.0 Å². The van der Waals surface area contributed by atoms with Gasteiger partial charge in [0.15, 0.2) is 0 Å². The summed E-state index contributed by atoms with van der Waals surface area (Å²) < 4.78 is 14.1. The zero-order valence-electron chi connectivity index (χ0n) is 15.7. The van der Waals surface area contributed by atoms with Crippen molar-refractivity contribution >= 4 is 35.3 Å². The number of nitrogens with one attached hydrogen (secondary N) is 2. The third kappa shape index (κ3) is 3.81. The van der Waals surface area contributed by atoms with E-state index in [4.69, 9.17) is 11.6 Å². The van der Waals surface area contributed by atoms with Crippen LogP contribution in [0.25, 0.3) is 0 Å². The number of urea groups is 1. The number of benzene rings is 1. The van der Waals surface area contributed by atoms with E-state index in [-0.39, 0.29) is 35.2 Å². The summed E-state index contributed by atoms with van der Waals surface area (Å²) in [6, 6.07) is 4.27. The van der Waals surface area contributed by atoms with Gasteiger partial charge in [0.2, 0.25) is 5.91 Å². The fraction of sp³-hybridized carbons (Fsp3) is 0.556. The Balaban J connectivity index is 1.86. The smallest absolute Gasteiger partial charge is 0.311 e. The molecule has 3 rings (SSSR count). The first-order valence-corrected chi connectivity index (χ1v) is 10.3. The van der Waals surface area contributed by atoms with Crippen molar-refractivity contribution in [3.05, 3.63) is 34.6 Å². The van der Waals surface area contributed by atoms with E-state index in [2.05, 4.69) is 24.5 Å². The quantitative estimate of drug-likeness (QED) is 0.793. The minimum atomic E-state index is -0.483. The fourth-order valence-electron chi connectivity index (χ4n) is 3.45. The molecular weight excluding hydrogens is 391 g/mol. The second-order valence-electron chi connectivity index (χ2n) is 7.25. The Kier molecular flexibility index (Phi) is 6.00. The second-order valence-corrected chi connectivity index (χ2v) is 8.79. The van der Waals surface area contributed by atoms with E-state index in [0.717, 1.165) is 4.90 Å². The van der Waals surface area contributed by atoms with E-state index in [1.54, 1.807) is 24.1 Å². The molecule has 4 atom stereocenters. The van der Waals surface area contributed by atoms with Gasteiger partial charge in [-0.25, -0.2) is 9.18 Å². The lowest BCUT2D eigenvalue weighted by atomic mass is 9.95. The number of imide groups is 1. The molecular formula is C18H24ClFN4O2S. The van der Waals surface area contributed by atoms with Crippen molar-refractivity contribution in [1.29, 1.82) is 0 Å². The van der Waals surface area contributed by atoms with E-state index in [1.807, 2.05) is 0 Å². The van der Waals surface area contributed by atoms with Crippen molar-refractivity contribution in [3.8, 4) is 0 Å². The number of rotatable bonds is 4. The second kappa shape index (κ2) is 7.95. The maximum atomic E-state index is 14.1. The third-order valence-corrected chi connectivity index (χ3v) is 6.72. The van der Waals surface area contributed by atoms with Gasteiger partial charge in [0, 0.05) is 30.4 Å². The van der Waals surface area contributed by atoms with E-state index in [1.165, 1.54) is 24.9 Å². The van der Waals surface area contributed by atoms with Crippen LogP contribution in [0.5, 0.6) is 0 Å². The van der Waals surface area contributed by atoms with Crippen molar-refractivity contribution in [2.24, 2.45) is 11.8 Å². The van der Waals surface area contributed by atoms with E-state index >= 15 is 0 Å². The SMILES string of the molecule is CC(C)C1NC(SCc2c(F)cccc2Cl)C2C(=O)N(C)C(=O)N(C)C2N1. The molecule has 9 heteroatoms. The van der Waals surface area contributed by atoms with Crippen molar-refractivity contribution in [3.63, 3.8) is 0 Å². The standard InChI is InChI=1S/C18H24ClFN4O2S/c1-9(2)14-21-15-13(17(25)24(4)18(26)23(15)3)16(22-14)27-8-10-11(19)6-5-7-12(10)20/h5-7,9,13-16,21-22H,8H2,1-4H3. The normalized spacial score (nSPS) is 28.7. The van der Waals surface area contributed by atoms with Gasteiger partial charge in [0.1, 0.15) is 5.82 Å². The molecule has 6 nitrogen and oxygen atoms in total. The number of hydrogen-bond donors (Lipinski definition) is 2. The van der Waals surface area contributed by atoms with Crippen LogP contribution < -0.4 is 10.6 Å². The molecule has 2 saturated heterocycles. The first-order chi connectivity index (χ1) is 12.7. The zero-order chi connectivity index (χ0) is 19.9. The van der Waals surface area contributed by atoms with Gasteiger partial charge in [-0.1, -0.05) is 31.5 Å². The van der Waals surface area contributed by atoms with Crippen LogP contribution in [-0.2, 0) is 10.5 Å². The molecule has 0 bridgehead atoms. The topological polar surface area (TPSA) is 64.7 Å². The van der Waals surface area contributed by atoms with Crippen molar-refractivity contribution < 1.29 is 14.0 Å². The summed E-state index contributed by atoms with van der Waals surface area (Å²) >= 11 is 7.58. The van der Waals surface area contributed by atoms with Crippen LogP contribution in [0.3, 0.4) is 0 Å². The van der Waals surface area contributed by atoms with Crippen LogP contribution in [0, 0.1) is 17.7 Å². The lowest BCUT2D eigenvalue weighted by Crippen LogP contribution is -2.75. The monoisotopic (exact) mass is 414 g/mol. The molecule has 0 aromatic heterocycles. The summed E-state index contributed by atoms with van der Waals surface area (Å²) in [7, 11) is 3.18. The Morgan fingerprint density at radius 1 is 1.26 bits per heavy atom. The molecule has 2 heterocycles. The summed E-state index contributed by atoms with van der Waals surface area (Å²) in [6.07, 6.45) is -0.491. The lowest BCUT2D eigenvalue weighted by Gasteiger charge is -2.51. The molecule has 4 unspecified atom stereocenters. The van der Waals surface area contributed by atoms with E-state index in [0.29, 0.717) is 16.3 Å². The Morgan fingerprint density at radius 2 is 1.96 bits per heavy atom. The predicted octanol–water partition coefficient (Wildman–Crippen LogP) is 2.68. The van der Waals surface area contributed by atoms with Gasteiger partial charge in [0.25, 0.3) is 0 Å².